The highest BCUT2D eigenvalue weighted by Gasteiger charge is 2.13. The van der Waals surface area contributed by atoms with Crippen molar-refractivity contribution in [2.45, 2.75) is 25.9 Å². The minimum atomic E-state index is 0.00707. The van der Waals surface area contributed by atoms with Gasteiger partial charge in [-0.25, -0.2) is 4.98 Å². The van der Waals surface area contributed by atoms with Crippen molar-refractivity contribution in [2.75, 3.05) is 39.1 Å². The second-order valence-corrected chi connectivity index (χ2v) is 7.39. The molecule has 1 aliphatic heterocycles. The number of guanidine groups is 1. The molecule has 1 aromatic heterocycles. The first-order valence-corrected chi connectivity index (χ1v) is 10.0. The minimum Gasteiger partial charge on any atom is -0.357 e. The van der Waals surface area contributed by atoms with E-state index in [2.05, 4.69) is 31.6 Å². The monoisotopic (exact) mass is 394 g/mol. The number of carbonyl (C=O) groups is 1. The van der Waals surface area contributed by atoms with Gasteiger partial charge < -0.3 is 20.4 Å². The molecule has 7 heteroatoms. The molecule has 1 saturated heterocycles. The molecule has 2 aromatic rings. The number of anilines is 1. The van der Waals surface area contributed by atoms with Gasteiger partial charge in [-0.3, -0.25) is 9.79 Å². The van der Waals surface area contributed by atoms with Crippen LogP contribution in [-0.4, -0.2) is 56.0 Å². The summed E-state index contributed by atoms with van der Waals surface area (Å²) in [6.07, 6.45) is 4.35. The Morgan fingerprint density at radius 3 is 2.34 bits per heavy atom. The number of aliphatic imine (C=N–C) groups is 1. The number of rotatable bonds is 6. The fraction of sp³-hybridized carbons (Fsp3) is 0.409. The van der Waals surface area contributed by atoms with Crippen LogP contribution in [0.4, 0.5) is 5.82 Å². The molecule has 0 spiro atoms. The third kappa shape index (κ3) is 5.70. The summed E-state index contributed by atoms with van der Waals surface area (Å²) in [6, 6.07) is 11.8. The molecule has 154 valence electrons. The molecule has 29 heavy (non-hydrogen) atoms. The third-order valence-corrected chi connectivity index (χ3v) is 4.99. The van der Waals surface area contributed by atoms with Crippen molar-refractivity contribution in [1.29, 1.82) is 0 Å². The molecule has 2 heterocycles. The summed E-state index contributed by atoms with van der Waals surface area (Å²) in [5.74, 6) is 1.79. The molecular formula is C22H30N6O. The highest BCUT2D eigenvalue weighted by Crippen LogP contribution is 2.18. The maximum atomic E-state index is 12.0. The van der Waals surface area contributed by atoms with E-state index in [4.69, 9.17) is 0 Å². The lowest BCUT2D eigenvalue weighted by Gasteiger charge is -2.17. The van der Waals surface area contributed by atoms with Gasteiger partial charge in [-0.15, -0.1) is 0 Å². The molecule has 1 fully saturated rings. The van der Waals surface area contributed by atoms with Gasteiger partial charge >= 0.3 is 0 Å². The van der Waals surface area contributed by atoms with Crippen molar-refractivity contribution in [3.8, 4) is 0 Å². The van der Waals surface area contributed by atoms with Crippen molar-refractivity contribution >= 4 is 17.7 Å². The van der Waals surface area contributed by atoms with E-state index in [-0.39, 0.29) is 5.91 Å². The van der Waals surface area contributed by atoms with Crippen molar-refractivity contribution in [2.24, 2.45) is 4.99 Å². The van der Waals surface area contributed by atoms with Gasteiger partial charge in [-0.1, -0.05) is 12.1 Å². The SMILES string of the molecule is CN=C(NCc1ccc(C(=O)N(C)C)cc1)NCc1ccnc(N2CCCC2)c1. The molecule has 0 aliphatic carbocycles. The van der Waals surface area contributed by atoms with Crippen LogP contribution in [-0.2, 0) is 13.1 Å². The Bertz CT molecular complexity index is 841. The van der Waals surface area contributed by atoms with Gasteiger partial charge in [0, 0.05) is 59.1 Å². The molecule has 0 unspecified atom stereocenters. The van der Waals surface area contributed by atoms with Crippen molar-refractivity contribution < 1.29 is 4.79 Å². The van der Waals surface area contributed by atoms with Crippen molar-refractivity contribution in [3.05, 3.63) is 59.3 Å². The zero-order chi connectivity index (χ0) is 20.6. The van der Waals surface area contributed by atoms with E-state index in [1.54, 1.807) is 26.0 Å². The van der Waals surface area contributed by atoms with E-state index in [9.17, 15) is 4.79 Å². The normalized spacial score (nSPS) is 14.0. The lowest BCUT2D eigenvalue weighted by atomic mass is 10.1. The van der Waals surface area contributed by atoms with Crippen molar-refractivity contribution in [3.63, 3.8) is 0 Å². The number of nitrogens with zero attached hydrogens (tertiary/aromatic N) is 4. The second kappa shape index (κ2) is 9.91. The Morgan fingerprint density at radius 2 is 1.72 bits per heavy atom. The second-order valence-electron chi connectivity index (χ2n) is 7.39. The largest absolute Gasteiger partial charge is 0.357 e. The number of aromatic nitrogens is 1. The van der Waals surface area contributed by atoms with Crippen LogP contribution in [0.2, 0.25) is 0 Å². The summed E-state index contributed by atoms with van der Waals surface area (Å²) < 4.78 is 0. The lowest BCUT2D eigenvalue weighted by molar-refractivity contribution is 0.0827. The Balaban J connectivity index is 1.51. The van der Waals surface area contributed by atoms with Crippen LogP contribution in [0.25, 0.3) is 0 Å². The van der Waals surface area contributed by atoms with Gasteiger partial charge in [0.05, 0.1) is 0 Å². The van der Waals surface area contributed by atoms with Crippen LogP contribution in [0.15, 0.2) is 47.6 Å². The van der Waals surface area contributed by atoms with Crippen LogP contribution in [0.5, 0.6) is 0 Å². The number of nitrogens with one attached hydrogen (secondary N) is 2. The predicted octanol–water partition coefficient (Wildman–Crippen LogP) is 2.25. The quantitative estimate of drug-likeness (QED) is 0.581. The molecule has 7 nitrogen and oxygen atoms in total. The Hall–Kier alpha value is -3.09. The zero-order valence-corrected chi connectivity index (χ0v) is 17.5. The Morgan fingerprint density at radius 1 is 1.07 bits per heavy atom. The first-order chi connectivity index (χ1) is 14.1. The van der Waals surface area contributed by atoms with Gasteiger partial charge in [0.1, 0.15) is 5.82 Å². The summed E-state index contributed by atoms with van der Waals surface area (Å²) in [6.45, 7) is 3.49. The van der Waals surface area contributed by atoms with E-state index in [0.717, 1.165) is 30.4 Å². The molecule has 1 amide bonds. The van der Waals surface area contributed by atoms with Crippen LogP contribution >= 0.6 is 0 Å². The number of hydrogen-bond donors (Lipinski definition) is 2. The molecule has 2 N–H and O–H groups in total. The maximum Gasteiger partial charge on any atom is 0.253 e. The molecule has 0 saturated carbocycles. The summed E-state index contributed by atoms with van der Waals surface area (Å²) in [5.41, 5.74) is 2.95. The van der Waals surface area contributed by atoms with Crippen molar-refractivity contribution in [1.82, 2.24) is 20.5 Å². The van der Waals surface area contributed by atoms with Gasteiger partial charge in [0.2, 0.25) is 0 Å². The molecule has 3 rings (SSSR count). The lowest BCUT2D eigenvalue weighted by Crippen LogP contribution is -2.36. The predicted molar refractivity (Wildman–Crippen MR) is 117 cm³/mol. The first kappa shape index (κ1) is 20.6. The highest BCUT2D eigenvalue weighted by molar-refractivity contribution is 5.93. The summed E-state index contributed by atoms with van der Waals surface area (Å²) in [5, 5.41) is 6.66. The molecule has 1 aliphatic rings. The summed E-state index contributed by atoms with van der Waals surface area (Å²) in [4.78, 5) is 24.7. The fourth-order valence-electron chi connectivity index (χ4n) is 3.31. The number of amides is 1. The standard InChI is InChI=1S/C22H30N6O/c1-23-22(25-15-17-6-8-19(9-7-17)21(29)27(2)3)26-16-18-10-11-24-20(14-18)28-12-4-5-13-28/h6-11,14H,4-5,12-13,15-16H2,1-3H3,(H2,23,25,26). The van der Waals surface area contributed by atoms with Gasteiger partial charge in [0.15, 0.2) is 5.96 Å². The minimum absolute atomic E-state index is 0.00707. The molecule has 0 radical (unpaired) electrons. The fourth-order valence-corrected chi connectivity index (χ4v) is 3.31. The van der Waals surface area contributed by atoms with Gasteiger partial charge in [-0.2, -0.15) is 0 Å². The number of hydrogen-bond acceptors (Lipinski definition) is 4. The molecular weight excluding hydrogens is 364 g/mol. The van der Waals surface area contributed by atoms with Crippen LogP contribution in [0, 0.1) is 0 Å². The molecule has 0 bridgehead atoms. The van der Waals surface area contributed by atoms with E-state index in [1.807, 2.05) is 36.5 Å². The zero-order valence-electron chi connectivity index (χ0n) is 17.5. The van der Waals surface area contributed by atoms with Crippen LogP contribution < -0.4 is 15.5 Å². The van der Waals surface area contributed by atoms with E-state index in [1.165, 1.54) is 18.4 Å². The maximum absolute atomic E-state index is 12.0. The van der Waals surface area contributed by atoms with E-state index in [0.29, 0.717) is 18.7 Å². The molecule has 0 atom stereocenters. The number of pyridine rings is 1. The highest BCUT2D eigenvalue weighted by atomic mass is 16.2. The van der Waals surface area contributed by atoms with Crippen LogP contribution in [0.1, 0.15) is 34.3 Å². The summed E-state index contributed by atoms with van der Waals surface area (Å²) in [7, 11) is 5.27. The average molecular weight is 395 g/mol. The number of benzene rings is 1. The van der Waals surface area contributed by atoms with E-state index < -0.39 is 0 Å². The smallest absolute Gasteiger partial charge is 0.253 e. The topological polar surface area (TPSA) is 72.9 Å². The van der Waals surface area contributed by atoms with E-state index >= 15 is 0 Å². The van der Waals surface area contributed by atoms with Gasteiger partial charge in [0.25, 0.3) is 5.91 Å². The Kier molecular flexibility index (Phi) is 7.05. The first-order valence-electron chi connectivity index (χ1n) is 10.0. The van der Waals surface area contributed by atoms with Gasteiger partial charge in [-0.05, 0) is 48.2 Å². The van der Waals surface area contributed by atoms with Crippen LogP contribution in [0.3, 0.4) is 0 Å². The molecule has 1 aromatic carbocycles. The number of carbonyl (C=O) groups excluding carboxylic acids is 1. The average Bonchev–Trinajstić information content (AvgIpc) is 3.29. The Labute approximate surface area is 172 Å². The summed E-state index contributed by atoms with van der Waals surface area (Å²) >= 11 is 0. The third-order valence-electron chi connectivity index (χ3n) is 4.99.